The fourth-order valence-corrected chi connectivity index (χ4v) is 16.6. The van der Waals surface area contributed by atoms with Gasteiger partial charge in [-0.1, -0.05) is 96.1 Å². The number of hydrogen-bond donors (Lipinski definition) is 26. The molecule has 3 aromatic heterocycles. The Balaban J connectivity index is 0.979. The third kappa shape index (κ3) is 30.6. The van der Waals surface area contributed by atoms with E-state index in [1.54, 1.807) is 133 Å². The molecule has 5 heterocycles. The van der Waals surface area contributed by atoms with Crippen LogP contribution in [0.2, 0.25) is 0 Å². The van der Waals surface area contributed by atoms with Crippen molar-refractivity contribution in [2.45, 2.75) is 242 Å². The molecule has 16 atom stereocenters. The average Bonchev–Trinajstić information content (AvgIpc) is 1.64. The Bertz CT molecular complexity index is 5200. The molecule has 0 aliphatic carbocycles. The van der Waals surface area contributed by atoms with E-state index in [0.29, 0.717) is 49.4 Å². The van der Waals surface area contributed by atoms with E-state index in [9.17, 15) is 82.8 Å². The topological polar surface area (TPSA) is 683 Å². The third-order valence-corrected chi connectivity index (χ3v) is 23.7. The van der Waals surface area contributed by atoms with Crippen LogP contribution in [0.1, 0.15) is 142 Å². The van der Waals surface area contributed by atoms with Crippen molar-refractivity contribution in [1.82, 2.24) is 93.9 Å². The molecule has 45 heteroatoms. The number of carboxylic acids is 2. The summed E-state index contributed by atoms with van der Waals surface area (Å²) in [6.07, 6.45) is 1.52. The number of carboxylic acid groups (broad SMARTS) is 2. The molecule has 0 saturated carbocycles. The summed E-state index contributed by atoms with van der Waals surface area (Å²) in [6.45, 7) is 10.6. The summed E-state index contributed by atoms with van der Waals surface area (Å²) >= 11 is 8.72. The quantitative estimate of drug-likeness (QED) is 0.00830. The third-order valence-electron chi connectivity index (χ3n) is 23.0. The van der Waals surface area contributed by atoms with Crippen LogP contribution >= 0.6 is 25.3 Å². The number of nitrogens with one attached hydrogen (secondary N) is 17. The Kier molecular flexibility index (Phi) is 40.4. The number of benzene rings is 3. The normalized spacial score (nSPS) is 16.9. The van der Waals surface area contributed by atoms with Crippen LogP contribution in [-0.2, 0) is 101 Å². The second-order valence-electron chi connectivity index (χ2n) is 34.9. The number of rotatable bonds is 52. The number of guanidine groups is 1. The van der Waals surface area contributed by atoms with Crippen molar-refractivity contribution in [3.05, 3.63) is 108 Å². The number of thiol groups is 2. The first-order chi connectivity index (χ1) is 63.6. The van der Waals surface area contributed by atoms with Gasteiger partial charge in [0.05, 0.1) is 25.2 Å². The number of aliphatic carboxylic acids is 2. The molecule has 0 unspecified atom stereocenters. The number of carbonyl (C=O) groups is 17. The molecule has 2 aliphatic rings. The largest absolute Gasteiger partial charge is 0.481 e. The molecular weight excluding hydrogens is 1780 g/mol. The van der Waals surface area contributed by atoms with E-state index in [2.05, 4.69) is 109 Å². The molecule has 730 valence electrons. The van der Waals surface area contributed by atoms with Gasteiger partial charge >= 0.3 is 11.9 Å². The molecular formula is C89H126N22O21S2. The van der Waals surface area contributed by atoms with Crippen LogP contribution in [0.5, 0.6) is 0 Å². The van der Waals surface area contributed by atoms with Crippen molar-refractivity contribution in [2.75, 3.05) is 37.7 Å². The van der Waals surface area contributed by atoms with Crippen LogP contribution in [0.4, 0.5) is 0 Å². The van der Waals surface area contributed by atoms with E-state index in [4.69, 9.17) is 22.6 Å². The van der Waals surface area contributed by atoms with E-state index in [0.717, 1.165) is 6.92 Å². The molecule has 27 N–H and O–H groups in total. The molecule has 2 aliphatic heterocycles. The summed E-state index contributed by atoms with van der Waals surface area (Å²) in [6, 6.07) is -1.73. The van der Waals surface area contributed by atoms with E-state index in [1.807, 2.05) is 0 Å². The number of carbonyl (C=O) groups excluding carboxylic acids is 15. The first kappa shape index (κ1) is 106. The van der Waals surface area contributed by atoms with Gasteiger partial charge < -0.3 is 131 Å². The molecule has 0 radical (unpaired) electrons. The van der Waals surface area contributed by atoms with Gasteiger partial charge in [0.25, 0.3) is 0 Å². The summed E-state index contributed by atoms with van der Waals surface area (Å²) < 4.78 is 0. The number of amides is 15. The molecule has 3 aromatic carbocycles. The number of H-pyrrole nitrogens is 3. The number of likely N-dealkylation sites (tertiary alicyclic amines) is 2. The standard InChI is InChI=1S/C89H126N22O21S2/c1-44(2)31-59(99-74(117)54(90)26-27-71(91)114)77(120)107-67(42-133)82(125)102-61(34-48-38-95-55-20-11-8-17-51(48)55)78(121)100-60(32-45(3)4)76(119)103-63(37-72(115)116)80(123)101-62(35-49-39-96-56-21-12-9-18-52(49)56)79(122)104-64(33-46(5)6)86(129)110-29-16-25-70(110)85(128)108-68(43-134)83(126)106-66(41-112)81(124)105-65(36-50-40-97-57-22-13-10-19-53(50)57)87(130)111-30-15-24-69(111)84(127)98-58(23-14-28-94-89(92)93)75(118)109-73(47(7)113)88(131)132/h8-13,17-22,38-40,44-47,54,58-70,73,95-97,112-113,133-134H,14-16,23-37,41-43,90H2,1-7H3,(H2,91,114)(H,98,127)(H,99,117)(H,100,121)(H,101,123)(H,102,125)(H,103,119)(H,104,122)(H,105,124)(H,106,126)(H,107,120)(H,108,128)(H,109,118)(H,115,116)(H,131,132)(H4,92,93,94)/t47-,54+,58+,59+,60+,61+,62+,63+,64+,65+,66+,67+,68+,69+,70+,73+/m1/s1. The Morgan fingerprint density at radius 1 is 0.448 bits per heavy atom. The first-order valence-corrected chi connectivity index (χ1v) is 45.8. The highest BCUT2D eigenvalue weighted by Gasteiger charge is 2.45. The smallest absolute Gasteiger partial charge is 0.328 e. The van der Waals surface area contributed by atoms with E-state index in [-0.39, 0.29) is 133 Å². The molecule has 6 aromatic rings. The fourth-order valence-electron chi connectivity index (χ4n) is 16.1. The van der Waals surface area contributed by atoms with Crippen LogP contribution in [0.15, 0.2) is 91.4 Å². The van der Waals surface area contributed by atoms with Crippen molar-refractivity contribution >= 4 is 164 Å². The van der Waals surface area contributed by atoms with Crippen molar-refractivity contribution in [1.29, 1.82) is 5.41 Å². The van der Waals surface area contributed by atoms with Crippen molar-refractivity contribution < 1.29 is 102 Å². The number of primary amides is 1. The number of aromatic nitrogens is 3. The van der Waals surface area contributed by atoms with Gasteiger partial charge in [0.1, 0.15) is 78.5 Å². The highest BCUT2D eigenvalue weighted by atomic mass is 32.1. The van der Waals surface area contributed by atoms with Gasteiger partial charge in [-0.25, -0.2) is 4.79 Å². The highest BCUT2D eigenvalue weighted by molar-refractivity contribution is 7.80. The van der Waals surface area contributed by atoms with E-state index in [1.165, 1.54) is 9.80 Å². The predicted octanol–water partition coefficient (Wildman–Crippen LogP) is -2.26. The zero-order valence-corrected chi connectivity index (χ0v) is 77.5. The Morgan fingerprint density at radius 3 is 1.22 bits per heavy atom. The van der Waals surface area contributed by atoms with Crippen LogP contribution in [0.3, 0.4) is 0 Å². The monoisotopic (exact) mass is 1900 g/mol. The lowest BCUT2D eigenvalue weighted by Crippen LogP contribution is -2.62. The van der Waals surface area contributed by atoms with Crippen molar-refractivity contribution in [2.24, 2.45) is 35.0 Å². The number of hydrogen-bond acceptors (Lipinski definition) is 23. The SMILES string of the molecule is CC(C)C[C@H](NC(=O)[C@H](Cc1c[nH]c2ccccc12)NC(=O)[C@H](CS)NC(=O)[C@H](CC(C)C)NC(=O)[C@@H](N)CCC(N)=O)C(=O)N[C@@H](CC(=O)O)C(=O)N[C@@H](Cc1c[nH]c2ccccc12)C(=O)N[C@@H](CC(C)C)C(=O)N1CCC[C@H]1C(=O)N[C@@H](CS)C(=O)N[C@@H](CO)C(=O)N[C@@H](Cc1c[nH]c2ccccc12)C(=O)N1CCC[C@H]1C(=O)N[C@@H](CCCNC(=N)N)C(=O)N[C@H](C(=O)O)[C@@H](C)O. The molecule has 2 saturated heterocycles. The summed E-state index contributed by atoms with van der Waals surface area (Å²) in [5.74, 6) is -19.0. The summed E-state index contributed by atoms with van der Waals surface area (Å²) in [4.78, 5) is 252. The Labute approximate surface area is 784 Å². The molecule has 15 amide bonds. The summed E-state index contributed by atoms with van der Waals surface area (Å²) in [5, 5.41) is 84.1. The molecule has 0 bridgehead atoms. The van der Waals surface area contributed by atoms with Gasteiger partial charge in [0.15, 0.2) is 12.0 Å². The molecule has 0 spiro atoms. The molecule has 8 rings (SSSR count). The number of aromatic amines is 3. The summed E-state index contributed by atoms with van der Waals surface area (Å²) in [5.41, 5.74) is 20.2. The lowest BCUT2D eigenvalue weighted by molar-refractivity contribution is -0.146. The van der Waals surface area contributed by atoms with Gasteiger partial charge in [0.2, 0.25) is 88.6 Å². The number of aliphatic hydroxyl groups excluding tert-OH is 2. The number of nitrogens with two attached hydrogens (primary N) is 3. The van der Waals surface area contributed by atoms with Gasteiger partial charge in [-0.15, -0.1) is 0 Å². The minimum atomic E-state index is -1.98. The lowest BCUT2D eigenvalue weighted by Gasteiger charge is -2.32. The molecule has 43 nitrogen and oxygen atoms in total. The minimum Gasteiger partial charge on any atom is -0.481 e. The Morgan fingerprint density at radius 2 is 0.799 bits per heavy atom. The number of nitrogens with zero attached hydrogens (tertiary/aromatic N) is 2. The van der Waals surface area contributed by atoms with Gasteiger partial charge in [0, 0.05) is 108 Å². The number of para-hydroxylation sites is 3. The number of aliphatic hydroxyl groups is 2. The van der Waals surface area contributed by atoms with E-state index < -0.39 is 222 Å². The van der Waals surface area contributed by atoms with E-state index >= 15 is 19.2 Å². The van der Waals surface area contributed by atoms with Crippen LogP contribution < -0.4 is 86.3 Å². The van der Waals surface area contributed by atoms with Crippen LogP contribution in [0, 0.1) is 23.2 Å². The second-order valence-corrected chi connectivity index (χ2v) is 35.7. The number of fused-ring (bicyclic) bond motifs is 3. The fraction of sp³-hybridized carbons (Fsp3) is 0.528. The highest BCUT2D eigenvalue weighted by Crippen LogP contribution is 2.28. The van der Waals surface area contributed by atoms with Gasteiger partial charge in [-0.2, -0.15) is 25.3 Å². The predicted molar refractivity (Wildman–Crippen MR) is 499 cm³/mol. The zero-order chi connectivity index (χ0) is 98.5. The second kappa shape index (κ2) is 50.8. The van der Waals surface area contributed by atoms with Crippen LogP contribution in [-0.4, -0.2) is 286 Å². The molecule has 134 heavy (non-hydrogen) atoms. The van der Waals surface area contributed by atoms with Crippen molar-refractivity contribution in [3.63, 3.8) is 0 Å². The molecule has 2 fully saturated rings. The summed E-state index contributed by atoms with van der Waals surface area (Å²) in [7, 11) is 0. The maximum atomic E-state index is 15.3. The Hall–Kier alpha value is -12.9. The first-order valence-electron chi connectivity index (χ1n) is 44.6. The zero-order valence-electron chi connectivity index (χ0n) is 75.7. The minimum absolute atomic E-state index is 0.0307. The van der Waals surface area contributed by atoms with Gasteiger partial charge in [-0.3, -0.25) is 82.1 Å². The lowest BCUT2D eigenvalue weighted by atomic mass is 9.99. The van der Waals surface area contributed by atoms with Crippen LogP contribution in [0.25, 0.3) is 32.7 Å². The van der Waals surface area contributed by atoms with Gasteiger partial charge in [-0.05, 0) is 124 Å². The maximum absolute atomic E-state index is 15.3. The van der Waals surface area contributed by atoms with Crippen molar-refractivity contribution in [3.8, 4) is 0 Å². The average molecular weight is 1900 g/mol. The maximum Gasteiger partial charge on any atom is 0.328 e.